The summed E-state index contributed by atoms with van der Waals surface area (Å²) in [6.45, 7) is -0.471. The summed E-state index contributed by atoms with van der Waals surface area (Å²) < 4.78 is 68.1. The molecule has 152 valence electrons. The molecular weight excluding hydrogens is 448 g/mol. The van der Waals surface area contributed by atoms with Gasteiger partial charge in [-0.2, -0.15) is 0 Å². The van der Waals surface area contributed by atoms with Crippen LogP contribution in [0.15, 0.2) is 72.8 Å². The first-order valence-electron chi connectivity index (χ1n) is 7.79. The standard InChI is InChI=1S/2C9H10O4S.Ca/c2*10-14(11,12)13-8-4-7-9-5-2-1-3-6-9;/h2*1-7H,8H2,(H,10,11,12);/q;;+2/p-2. The fraction of sp³-hybridized carbons (Fsp3) is 0.111. The maximum atomic E-state index is 10.0. The summed E-state index contributed by atoms with van der Waals surface area (Å²) in [5.41, 5.74) is 1.83. The summed E-state index contributed by atoms with van der Waals surface area (Å²) in [5.74, 6) is 0. The molecule has 11 heteroatoms. The Balaban J connectivity index is 0.000000523. The molecule has 0 aromatic heterocycles. The molecule has 2 aromatic carbocycles. The van der Waals surface area contributed by atoms with Crippen LogP contribution in [0.25, 0.3) is 12.2 Å². The van der Waals surface area contributed by atoms with Crippen molar-refractivity contribution in [2.45, 2.75) is 0 Å². The van der Waals surface area contributed by atoms with Crippen molar-refractivity contribution in [2.75, 3.05) is 13.2 Å². The third-order valence-electron chi connectivity index (χ3n) is 2.84. The molecule has 0 fully saturated rings. The second-order valence-electron chi connectivity index (χ2n) is 5.01. The summed E-state index contributed by atoms with van der Waals surface area (Å²) in [5, 5.41) is 0. The minimum atomic E-state index is -4.58. The van der Waals surface area contributed by atoms with E-state index in [4.69, 9.17) is 0 Å². The van der Waals surface area contributed by atoms with Gasteiger partial charge < -0.3 is 9.11 Å². The smallest absolute Gasteiger partial charge is 0.726 e. The first kappa shape index (κ1) is 27.9. The largest absolute Gasteiger partial charge is 2.00 e. The molecular formula is C18H18CaO8S2. The van der Waals surface area contributed by atoms with Gasteiger partial charge in [-0.1, -0.05) is 85.0 Å². The minimum absolute atomic E-state index is 0. The number of rotatable bonds is 8. The Morgan fingerprint density at radius 3 is 1.24 bits per heavy atom. The summed E-state index contributed by atoms with van der Waals surface area (Å²) in [4.78, 5) is 0. The number of hydrogen-bond donors (Lipinski definition) is 0. The van der Waals surface area contributed by atoms with Crippen LogP contribution in [0.2, 0.25) is 0 Å². The fourth-order valence-electron chi connectivity index (χ4n) is 1.74. The van der Waals surface area contributed by atoms with Crippen LogP contribution in [-0.2, 0) is 29.2 Å². The molecule has 0 atom stereocenters. The second kappa shape index (κ2) is 14.8. The molecule has 2 aromatic rings. The van der Waals surface area contributed by atoms with E-state index in [1.54, 1.807) is 12.2 Å². The fourth-order valence-corrected chi connectivity index (χ4v) is 2.23. The van der Waals surface area contributed by atoms with E-state index < -0.39 is 20.8 Å². The molecule has 0 heterocycles. The Bertz CT molecular complexity index is 876. The van der Waals surface area contributed by atoms with Gasteiger partial charge in [-0.15, -0.1) is 0 Å². The molecule has 0 saturated heterocycles. The van der Waals surface area contributed by atoms with E-state index in [1.807, 2.05) is 60.7 Å². The van der Waals surface area contributed by atoms with Crippen LogP contribution in [0, 0.1) is 0 Å². The Labute approximate surface area is 200 Å². The maximum Gasteiger partial charge on any atom is 2.00 e. The van der Waals surface area contributed by atoms with Crippen molar-refractivity contribution < 1.29 is 34.3 Å². The molecule has 0 spiro atoms. The van der Waals surface area contributed by atoms with Gasteiger partial charge in [0.1, 0.15) is 0 Å². The van der Waals surface area contributed by atoms with E-state index in [2.05, 4.69) is 8.37 Å². The summed E-state index contributed by atoms with van der Waals surface area (Å²) >= 11 is 0. The average Bonchev–Trinajstić information content (AvgIpc) is 2.63. The normalized spacial score (nSPS) is 11.7. The van der Waals surface area contributed by atoms with Gasteiger partial charge in [-0.3, -0.25) is 8.37 Å². The number of benzene rings is 2. The predicted molar refractivity (Wildman–Crippen MR) is 108 cm³/mol. The van der Waals surface area contributed by atoms with Crippen LogP contribution < -0.4 is 0 Å². The van der Waals surface area contributed by atoms with Crippen LogP contribution in [0.3, 0.4) is 0 Å². The third-order valence-corrected chi connectivity index (χ3v) is 3.69. The quantitative estimate of drug-likeness (QED) is 0.328. The van der Waals surface area contributed by atoms with Gasteiger partial charge in [0.25, 0.3) is 0 Å². The van der Waals surface area contributed by atoms with Gasteiger partial charge in [0.05, 0.1) is 13.2 Å². The monoisotopic (exact) mass is 466 g/mol. The topological polar surface area (TPSA) is 133 Å². The van der Waals surface area contributed by atoms with Crippen molar-refractivity contribution in [1.82, 2.24) is 0 Å². The zero-order valence-corrected chi connectivity index (χ0v) is 19.1. The van der Waals surface area contributed by atoms with E-state index in [0.717, 1.165) is 11.1 Å². The van der Waals surface area contributed by atoms with Crippen molar-refractivity contribution in [3.8, 4) is 0 Å². The Kier molecular flexibility index (Phi) is 14.3. The zero-order chi connectivity index (χ0) is 20.9. The van der Waals surface area contributed by atoms with Gasteiger partial charge in [-0.25, -0.2) is 16.8 Å². The molecule has 0 radical (unpaired) electrons. The van der Waals surface area contributed by atoms with E-state index in [1.165, 1.54) is 12.2 Å². The molecule has 2 rings (SSSR count). The summed E-state index contributed by atoms with van der Waals surface area (Å²) in [6.07, 6.45) is 6.27. The van der Waals surface area contributed by atoms with Crippen molar-refractivity contribution in [2.24, 2.45) is 0 Å². The molecule has 29 heavy (non-hydrogen) atoms. The minimum Gasteiger partial charge on any atom is -0.726 e. The van der Waals surface area contributed by atoms with Crippen LogP contribution in [-0.4, -0.2) is 76.9 Å². The molecule has 0 bridgehead atoms. The summed E-state index contributed by atoms with van der Waals surface area (Å²) in [6, 6.07) is 18.5. The summed E-state index contributed by atoms with van der Waals surface area (Å²) in [7, 11) is -9.16. The SMILES string of the molecule is O=S(=O)([O-])OCC=Cc1ccccc1.O=S(=O)([O-])OCC=Cc1ccccc1.[Ca+2]. The van der Waals surface area contributed by atoms with Crippen molar-refractivity contribution in [1.29, 1.82) is 0 Å². The van der Waals surface area contributed by atoms with Crippen molar-refractivity contribution in [3.05, 3.63) is 83.9 Å². The molecule has 0 N–H and O–H groups in total. The predicted octanol–water partition coefficient (Wildman–Crippen LogP) is 1.97. The molecule has 8 nitrogen and oxygen atoms in total. The Morgan fingerprint density at radius 1 is 0.655 bits per heavy atom. The van der Waals surface area contributed by atoms with Crippen LogP contribution in [0.4, 0.5) is 0 Å². The van der Waals surface area contributed by atoms with E-state index in [0.29, 0.717) is 0 Å². The Hall–Kier alpha value is -1.08. The van der Waals surface area contributed by atoms with E-state index in [9.17, 15) is 25.9 Å². The van der Waals surface area contributed by atoms with Crippen molar-refractivity contribution >= 4 is 70.7 Å². The molecule has 0 unspecified atom stereocenters. The Morgan fingerprint density at radius 2 is 0.966 bits per heavy atom. The maximum absolute atomic E-state index is 10.0. The molecule has 0 saturated carbocycles. The van der Waals surface area contributed by atoms with Crippen molar-refractivity contribution in [3.63, 3.8) is 0 Å². The molecule has 0 aliphatic carbocycles. The van der Waals surface area contributed by atoms with E-state index >= 15 is 0 Å². The first-order valence-corrected chi connectivity index (χ1v) is 10.5. The van der Waals surface area contributed by atoms with Gasteiger partial charge >= 0.3 is 37.7 Å². The molecule has 0 aliphatic rings. The molecule has 0 aliphatic heterocycles. The van der Waals surface area contributed by atoms with Crippen LogP contribution in [0.1, 0.15) is 11.1 Å². The third kappa shape index (κ3) is 17.5. The van der Waals surface area contributed by atoms with Crippen LogP contribution in [0.5, 0.6) is 0 Å². The van der Waals surface area contributed by atoms with Gasteiger partial charge in [0.15, 0.2) is 0 Å². The second-order valence-corrected chi connectivity index (χ2v) is 7.12. The van der Waals surface area contributed by atoms with E-state index in [-0.39, 0.29) is 51.0 Å². The van der Waals surface area contributed by atoms with Gasteiger partial charge in [0, 0.05) is 0 Å². The van der Waals surface area contributed by atoms with Gasteiger partial charge in [-0.05, 0) is 11.1 Å². The van der Waals surface area contributed by atoms with Crippen LogP contribution >= 0.6 is 0 Å². The van der Waals surface area contributed by atoms with Gasteiger partial charge in [0.2, 0.25) is 20.8 Å². The average molecular weight is 467 g/mol. The number of hydrogen-bond acceptors (Lipinski definition) is 8. The molecule has 0 amide bonds. The zero-order valence-electron chi connectivity index (χ0n) is 15.3. The first-order chi connectivity index (χ1) is 13.2.